The van der Waals surface area contributed by atoms with Crippen LogP contribution < -0.4 is 14.8 Å². The number of rotatable bonds is 3. The van der Waals surface area contributed by atoms with E-state index >= 15 is 0 Å². The van der Waals surface area contributed by atoms with E-state index in [1.807, 2.05) is 42.5 Å². The van der Waals surface area contributed by atoms with E-state index in [1.165, 1.54) is 0 Å². The molecule has 2 aromatic carbocycles. The van der Waals surface area contributed by atoms with E-state index in [4.69, 9.17) is 9.47 Å². The predicted octanol–water partition coefficient (Wildman–Crippen LogP) is 3.96. The molecular formula is C17H14BrNO3. The number of para-hydroxylation sites is 1. The molecule has 3 rings (SSSR count). The summed E-state index contributed by atoms with van der Waals surface area (Å²) in [4.78, 5) is 12.2. The molecule has 0 unspecified atom stereocenters. The maximum absolute atomic E-state index is 12.2. The quantitative estimate of drug-likeness (QED) is 0.843. The molecule has 0 saturated heterocycles. The molecule has 22 heavy (non-hydrogen) atoms. The summed E-state index contributed by atoms with van der Waals surface area (Å²) in [6.45, 7) is 0. The standard InChI is InChI=1S/C17H14BrNO3/c1-21-15-5-3-4-10(16(15)22-2)8-13-12-9-11(18)6-7-14(12)19-17(13)20/h3-9H,1-2H3,(H,19,20)/b13-8-. The van der Waals surface area contributed by atoms with Crippen LogP contribution in [-0.2, 0) is 4.79 Å². The molecule has 0 aromatic heterocycles. The molecule has 0 fully saturated rings. The Morgan fingerprint density at radius 3 is 2.68 bits per heavy atom. The molecule has 2 aromatic rings. The number of hydrogen-bond acceptors (Lipinski definition) is 3. The molecule has 0 bridgehead atoms. The highest BCUT2D eigenvalue weighted by Gasteiger charge is 2.24. The Kier molecular flexibility index (Phi) is 3.90. The lowest BCUT2D eigenvalue weighted by Gasteiger charge is -2.10. The van der Waals surface area contributed by atoms with Crippen LogP contribution in [0.2, 0.25) is 0 Å². The van der Waals surface area contributed by atoms with Crippen LogP contribution in [0.4, 0.5) is 5.69 Å². The van der Waals surface area contributed by atoms with Gasteiger partial charge in [0.1, 0.15) is 0 Å². The van der Waals surface area contributed by atoms with Crippen LogP contribution in [0.3, 0.4) is 0 Å². The Morgan fingerprint density at radius 2 is 1.95 bits per heavy atom. The van der Waals surface area contributed by atoms with Gasteiger partial charge < -0.3 is 14.8 Å². The van der Waals surface area contributed by atoms with Crippen LogP contribution >= 0.6 is 15.9 Å². The SMILES string of the molecule is COc1cccc(/C=C2\C(=O)Nc3ccc(Br)cc32)c1OC. The molecule has 0 spiro atoms. The Balaban J connectivity index is 2.14. The summed E-state index contributed by atoms with van der Waals surface area (Å²) in [7, 11) is 3.17. The number of halogens is 1. The van der Waals surface area contributed by atoms with Gasteiger partial charge in [-0.15, -0.1) is 0 Å². The van der Waals surface area contributed by atoms with Crippen molar-refractivity contribution in [2.75, 3.05) is 19.5 Å². The van der Waals surface area contributed by atoms with Crippen molar-refractivity contribution >= 4 is 39.2 Å². The lowest BCUT2D eigenvalue weighted by Crippen LogP contribution is -2.03. The number of hydrogen-bond donors (Lipinski definition) is 1. The van der Waals surface area contributed by atoms with Crippen molar-refractivity contribution in [3.05, 3.63) is 52.0 Å². The molecule has 1 aliphatic heterocycles. The first-order valence-corrected chi connectivity index (χ1v) is 7.47. The monoisotopic (exact) mass is 359 g/mol. The minimum absolute atomic E-state index is 0.127. The van der Waals surface area contributed by atoms with E-state index in [-0.39, 0.29) is 5.91 Å². The number of carbonyl (C=O) groups excluding carboxylic acids is 1. The summed E-state index contributed by atoms with van der Waals surface area (Å²) in [5, 5.41) is 2.86. The second-order valence-electron chi connectivity index (χ2n) is 4.78. The van der Waals surface area contributed by atoms with Crippen LogP contribution in [0.1, 0.15) is 11.1 Å². The van der Waals surface area contributed by atoms with E-state index in [1.54, 1.807) is 14.2 Å². The van der Waals surface area contributed by atoms with Gasteiger partial charge in [-0.05, 0) is 30.3 Å². The Hall–Kier alpha value is -2.27. The number of benzene rings is 2. The van der Waals surface area contributed by atoms with Crippen molar-refractivity contribution in [2.45, 2.75) is 0 Å². The average Bonchev–Trinajstić information content (AvgIpc) is 2.82. The van der Waals surface area contributed by atoms with E-state index in [0.29, 0.717) is 17.1 Å². The van der Waals surface area contributed by atoms with Gasteiger partial charge in [0.2, 0.25) is 0 Å². The summed E-state index contributed by atoms with van der Waals surface area (Å²) < 4.78 is 11.6. The van der Waals surface area contributed by atoms with Crippen LogP contribution in [0.25, 0.3) is 11.6 Å². The minimum atomic E-state index is -0.127. The van der Waals surface area contributed by atoms with Crippen molar-refractivity contribution in [3.63, 3.8) is 0 Å². The first-order chi connectivity index (χ1) is 10.6. The minimum Gasteiger partial charge on any atom is -0.493 e. The van der Waals surface area contributed by atoms with Crippen molar-refractivity contribution in [1.29, 1.82) is 0 Å². The van der Waals surface area contributed by atoms with Crippen molar-refractivity contribution < 1.29 is 14.3 Å². The molecule has 5 heteroatoms. The lowest BCUT2D eigenvalue weighted by molar-refractivity contribution is -0.110. The first-order valence-electron chi connectivity index (χ1n) is 6.68. The molecule has 4 nitrogen and oxygen atoms in total. The molecule has 0 saturated carbocycles. The van der Waals surface area contributed by atoms with E-state index in [0.717, 1.165) is 21.3 Å². The molecular weight excluding hydrogens is 346 g/mol. The number of carbonyl (C=O) groups is 1. The molecule has 0 radical (unpaired) electrons. The fourth-order valence-corrected chi connectivity index (χ4v) is 2.85. The fraction of sp³-hybridized carbons (Fsp3) is 0.118. The van der Waals surface area contributed by atoms with Crippen molar-refractivity contribution in [2.24, 2.45) is 0 Å². The van der Waals surface area contributed by atoms with Crippen LogP contribution in [-0.4, -0.2) is 20.1 Å². The van der Waals surface area contributed by atoms with Gasteiger partial charge in [0.05, 0.1) is 14.2 Å². The number of ether oxygens (including phenoxy) is 2. The Labute approximate surface area is 136 Å². The number of methoxy groups -OCH3 is 2. The maximum atomic E-state index is 12.2. The number of anilines is 1. The van der Waals surface area contributed by atoms with Gasteiger partial charge in [0.15, 0.2) is 11.5 Å². The van der Waals surface area contributed by atoms with Gasteiger partial charge in [-0.25, -0.2) is 0 Å². The van der Waals surface area contributed by atoms with E-state index in [2.05, 4.69) is 21.2 Å². The van der Waals surface area contributed by atoms with Gasteiger partial charge >= 0.3 is 0 Å². The smallest absolute Gasteiger partial charge is 0.256 e. The molecule has 1 aliphatic rings. The summed E-state index contributed by atoms with van der Waals surface area (Å²) in [6.07, 6.45) is 1.81. The van der Waals surface area contributed by atoms with Gasteiger partial charge in [-0.3, -0.25) is 4.79 Å². The van der Waals surface area contributed by atoms with Crippen LogP contribution in [0.15, 0.2) is 40.9 Å². The molecule has 0 aliphatic carbocycles. The fourth-order valence-electron chi connectivity index (χ4n) is 2.48. The van der Waals surface area contributed by atoms with Gasteiger partial charge in [0.25, 0.3) is 5.91 Å². The highest BCUT2D eigenvalue weighted by Crippen LogP contribution is 2.38. The third-order valence-corrected chi connectivity index (χ3v) is 3.99. The molecule has 112 valence electrons. The van der Waals surface area contributed by atoms with Gasteiger partial charge in [-0.2, -0.15) is 0 Å². The van der Waals surface area contributed by atoms with E-state index < -0.39 is 0 Å². The van der Waals surface area contributed by atoms with Crippen molar-refractivity contribution in [3.8, 4) is 11.5 Å². The predicted molar refractivity (Wildman–Crippen MR) is 90.2 cm³/mol. The van der Waals surface area contributed by atoms with Gasteiger partial charge in [-0.1, -0.05) is 28.1 Å². The summed E-state index contributed by atoms with van der Waals surface area (Å²) in [5.41, 5.74) is 3.06. The second kappa shape index (κ2) is 5.85. The lowest BCUT2D eigenvalue weighted by atomic mass is 10.0. The molecule has 1 N–H and O–H groups in total. The maximum Gasteiger partial charge on any atom is 0.256 e. The van der Waals surface area contributed by atoms with Crippen LogP contribution in [0.5, 0.6) is 11.5 Å². The normalized spacial score (nSPS) is 14.7. The van der Waals surface area contributed by atoms with E-state index in [9.17, 15) is 4.79 Å². The third-order valence-electron chi connectivity index (χ3n) is 3.50. The number of amides is 1. The topological polar surface area (TPSA) is 47.6 Å². The average molecular weight is 360 g/mol. The number of nitrogens with one attached hydrogen (secondary N) is 1. The second-order valence-corrected chi connectivity index (χ2v) is 5.70. The highest BCUT2D eigenvalue weighted by atomic mass is 79.9. The summed E-state index contributed by atoms with van der Waals surface area (Å²) in [6, 6.07) is 11.3. The Bertz CT molecular complexity index is 783. The highest BCUT2D eigenvalue weighted by molar-refractivity contribution is 9.10. The van der Waals surface area contributed by atoms with Crippen LogP contribution in [0, 0.1) is 0 Å². The third kappa shape index (κ3) is 2.48. The first kappa shape index (κ1) is 14.7. The summed E-state index contributed by atoms with van der Waals surface area (Å²) >= 11 is 3.44. The molecule has 0 atom stereocenters. The zero-order chi connectivity index (χ0) is 15.7. The Morgan fingerprint density at radius 1 is 1.14 bits per heavy atom. The van der Waals surface area contributed by atoms with Gasteiger partial charge in [0, 0.05) is 26.9 Å². The zero-order valence-corrected chi connectivity index (χ0v) is 13.7. The summed E-state index contributed by atoms with van der Waals surface area (Å²) in [5.74, 6) is 1.11. The zero-order valence-electron chi connectivity index (χ0n) is 12.1. The number of fused-ring (bicyclic) bond motifs is 1. The largest absolute Gasteiger partial charge is 0.493 e. The molecule has 1 heterocycles. The van der Waals surface area contributed by atoms with Crippen molar-refractivity contribution in [1.82, 2.24) is 0 Å². The molecule has 1 amide bonds.